The van der Waals surface area contributed by atoms with Crippen molar-refractivity contribution in [2.45, 2.75) is 32.0 Å². The van der Waals surface area contributed by atoms with Crippen LogP contribution in [0.15, 0.2) is 60.8 Å². The third-order valence-electron chi connectivity index (χ3n) is 8.48. The van der Waals surface area contributed by atoms with Gasteiger partial charge in [-0.2, -0.15) is 0 Å². The van der Waals surface area contributed by atoms with E-state index in [0.717, 1.165) is 45.5 Å². The van der Waals surface area contributed by atoms with Crippen molar-refractivity contribution in [2.75, 3.05) is 38.7 Å². The lowest BCUT2D eigenvalue weighted by atomic mass is 9.98. The number of anilines is 1. The van der Waals surface area contributed by atoms with Gasteiger partial charge in [0.2, 0.25) is 11.8 Å². The summed E-state index contributed by atoms with van der Waals surface area (Å²) in [4.78, 5) is 36.0. The number of hydrogen-bond acceptors (Lipinski definition) is 7. The fraction of sp³-hybridized carbons (Fsp3) is 0.294. The van der Waals surface area contributed by atoms with Crippen LogP contribution in [0.3, 0.4) is 0 Å². The van der Waals surface area contributed by atoms with Gasteiger partial charge in [-0.05, 0) is 30.2 Å². The number of benzene rings is 2. The lowest BCUT2D eigenvalue weighted by Crippen LogP contribution is -2.35. The molecule has 10 nitrogen and oxygen atoms in total. The molecule has 0 bridgehead atoms. The van der Waals surface area contributed by atoms with Crippen molar-refractivity contribution in [1.82, 2.24) is 25.5 Å². The van der Waals surface area contributed by atoms with Crippen molar-refractivity contribution in [3.8, 4) is 39.5 Å². The van der Waals surface area contributed by atoms with Gasteiger partial charge in [0.1, 0.15) is 0 Å². The van der Waals surface area contributed by atoms with Gasteiger partial charge in [0, 0.05) is 85.4 Å². The number of carbonyl (C=O) groups is 2. The van der Waals surface area contributed by atoms with E-state index in [4.69, 9.17) is 32.9 Å². The molecule has 3 N–H and O–H groups in total. The first-order valence-corrected chi connectivity index (χ1v) is 15.8. The van der Waals surface area contributed by atoms with Crippen molar-refractivity contribution in [3.63, 3.8) is 0 Å². The summed E-state index contributed by atoms with van der Waals surface area (Å²) in [6, 6.07) is 17.5. The van der Waals surface area contributed by atoms with Crippen molar-refractivity contribution >= 4 is 40.9 Å². The number of fused-ring (bicyclic) bond motifs is 1. The zero-order valence-corrected chi connectivity index (χ0v) is 27.0. The molecule has 2 aromatic carbocycles. The predicted molar refractivity (Wildman–Crippen MR) is 179 cm³/mol. The third kappa shape index (κ3) is 6.46. The molecule has 1 saturated heterocycles. The van der Waals surface area contributed by atoms with E-state index >= 15 is 0 Å². The fourth-order valence-corrected chi connectivity index (χ4v) is 6.62. The molecule has 2 aromatic heterocycles. The summed E-state index contributed by atoms with van der Waals surface area (Å²) in [5.41, 5.74) is 7.03. The van der Waals surface area contributed by atoms with E-state index < -0.39 is 6.09 Å². The summed E-state index contributed by atoms with van der Waals surface area (Å²) >= 11 is 14.1. The number of ether oxygens (including phenoxy) is 1. The summed E-state index contributed by atoms with van der Waals surface area (Å²) in [7, 11) is 3.54. The highest BCUT2D eigenvalue weighted by Crippen LogP contribution is 2.42. The quantitative estimate of drug-likeness (QED) is 0.208. The molecule has 2 aliphatic heterocycles. The zero-order chi connectivity index (χ0) is 32.4. The first-order valence-electron chi connectivity index (χ1n) is 15.0. The fourth-order valence-electron chi connectivity index (χ4n) is 5.97. The van der Waals surface area contributed by atoms with Crippen LogP contribution in [0, 0.1) is 0 Å². The molecule has 1 fully saturated rings. The Morgan fingerprint density at radius 3 is 2.65 bits per heavy atom. The van der Waals surface area contributed by atoms with Gasteiger partial charge < -0.3 is 30.3 Å². The molecule has 46 heavy (non-hydrogen) atoms. The second-order valence-electron chi connectivity index (χ2n) is 11.5. The van der Waals surface area contributed by atoms with Gasteiger partial charge in [-0.1, -0.05) is 59.6 Å². The number of aromatic nitrogens is 2. The first kappa shape index (κ1) is 31.6. The van der Waals surface area contributed by atoms with Crippen LogP contribution >= 0.6 is 23.2 Å². The SMILES string of the molecule is COc1nc(-c2cccc(-c3ccnc(-c4ccc5c(c4)N(C)CCN(C(=O)O)C5)c3Cl)c2Cl)ccc1CNCC1CCC(=O)N1. The number of hydrogen-bond donors (Lipinski definition) is 3. The van der Waals surface area contributed by atoms with Crippen LogP contribution in [0.2, 0.25) is 10.0 Å². The Morgan fingerprint density at radius 2 is 1.89 bits per heavy atom. The van der Waals surface area contributed by atoms with Crippen LogP contribution in [0.1, 0.15) is 24.0 Å². The van der Waals surface area contributed by atoms with E-state index in [2.05, 4.69) is 20.5 Å². The molecule has 0 aliphatic carbocycles. The minimum absolute atomic E-state index is 0.0938. The molecule has 0 saturated carbocycles. The Kier molecular flexibility index (Phi) is 9.30. The molecule has 238 valence electrons. The number of methoxy groups -OCH3 is 1. The smallest absolute Gasteiger partial charge is 0.407 e. The van der Waals surface area contributed by atoms with Crippen LogP contribution in [0.25, 0.3) is 33.6 Å². The standard InChI is InChI=1S/C34H34Cl2N6O4/c1-41-14-15-42(34(44)45)19-22-7-6-20(16-28(22)41)32-31(36)25(12-13-38-32)24-4-3-5-26(30(24)35)27-10-8-21(33(40-27)46-2)17-37-18-23-9-11-29(43)39-23/h3-8,10,12-13,16,23,37H,9,11,14-15,17-19H2,1-2H3,(H,39,43)(H,44,45). The minimum Gasteiger partial charge on any atom is -0.481 e. The van der Waals surface area contributed by atoms with E-state index in [9.17, 15) is 14.7 Å². The number of nitrogens with one attached hydrogen (secondary N) is 2. The van der Waals surface area contributed by atoms with Gasteiger partial charge in [-0.15, -0.1) is 0 Å². The summed E-state index contributed by atoms with van der Waals surface area (Å²) in [5, 5.41) is 16.9. The number of likely N-dealkylation sites (N-methyl/N-ethyl adjacent to an activating group) is 1. The van der Waals surface area contributed by atoms with Gasteiger partial charge in [-0.25, -0.2) is 9.78 Å². The lowest BCUT2D eigenvalue weighted by Gasteiger charge is -2.20. The Morgan fingerprint density at radius 1 is 1.09 bits per heavy atom. The first-order chi connectivity index (χ1) is 22.2. The van der Waals surface area contributed by atoms with Gasteiger partial charge in [-0.3, -0.25) is 9.78 Å². The Hall–Kier alpha value is -4.38. The Labute approximate surface area is 277 Å². The second-order valence-corrected chi connectivity index (χ2v) is 12.2. The monoisotopic (exact) mass is 660 g/mol. The molecule has 4 aromatic rings. The maximum Gasteiger partial charge on any atom is 0.407 e. The largest absolute Gasteiger partial charge is 0.481 e. The predicted octanol–water partition coefficient (Wildman–Crippen LogP) is 6.09. The van der Waals surface area contributed by atoms with E-state index in [0.29, 0.717) is 66.5 Å². The highest BCUT2D eigenvalue weighted by Gasteiger charge is 2.23. The number of carboxylic acid groups (broad SMARTS) is 1. The molecule has 1 unspecified atom stereocenters. The molecule has 12 heteroatoms. The van der Waals surface area contributed by atoms with E-state index in [-0.39, 0.29) is 11.9 Å². The van der Waals surface area contributed by atoms with Crippen LogP contribution < -0.4 is 20.3 Å². The van der Waals surface area contributed by atoms with Crippen LogP contribution in [0.5, 0.6) is 5.88 Å². The highest BCUT2D eigenvalue weighted by molar-refractivity contribution is 6.39. The van der Waals surface area contributed by atoms with Gasteiger partial charge >= 0.3 is 6.09 Å². The molecular weight excluding hydrogens is 627 g/mol. The van der Waals surface area contributed by atoms with Gasteiger partial charge in [0.25, 0.3) is 0 Å². The van der Waals surface area contributed by atoms with E-state index in [1.54, 1.807) is 13.3 Å². The summed E-state index contributed by atoms with van der Waals surface area (Å²) < 4.78 is 5.63. The van der Waals surface area contributed by atoms with Gasteiger partial charge in [0.15, 0.2) is 0 Å². The van der Waals surface area contributed by atoms with Crippen molar-refractivity contribution < 1.29 is 19.4 Å². The molecule has 4 heterocycles. The average molecular weight is 662 g/mol. The maximum atomic E-state index is 11.7. The van der Waals surface area contributed by atoms with E-state index in [1.807, 2.05) is 61.6 Å². The van der Waals surface area contributed by atoms with Crippen molar-refractivity contribution in [1.29, 1.82) is 0 Å². The second kappa shape index (κ2) is 13.5. The highest BCUT2D eigenvalue weighted by atomic mass is 35.5. The molecule has 6 rings (SSSR count). The number of nitrogens with zero attached hydrogens (tertiary/aromatic N) is 4. The average Bonchev–Trinajstić information content (AvgIpc) is 3.39. The number of halogens is 2. The van der Waals surface area contributed by atoms with Crippen molar-refractivity contribution in [2.24, 2.45) is 0 Å². The number of pyridine rings is 2. The minimum atomic E-state index is -0.935. The van der Waals surface area contributed by atoms with Crippen LogP contribution in [0.4, 0.5) is 10.5 Å². The Bertz CT molecular complexity index is 1800. The zero-order valence-electron chi connectivity index (χ0n) is 25.5. The number of rotatable bonds is 8. The third-order valence-corrected chi connectivity index (χ3v) is 9.27. The Balaban J connectivity index is 1.27. The number of amides is 2. The molecule has 2 aliphatic rings. The van der Waals surface area contributed by atoms with Gasteiger partial charge in [0.05, 0.1) is 35.1 Å². The molecule has 1 atom stereocenters. The maximum absolute atomic E-state index is 11.7. The van der Waals surface area contributed by atoms with E-state index in [1.165, 1.54) is 4.90 Å². The normalized spacial score (nSPS) is 16.2. The summed E-state index contributed by atoms with van der Waals surface area (Å²) in [6.07, 6.45) is 2.17. The van der Waals surface area contributed by atoms with Crippen molar-refractivity contribution in [3.05, 3.63) is 82.0 Å². The lowest BCUT2D eigenvalue weighted by molar-refractivity contribution is -0.119. The molecular formula is C34H34Cl2N6O4. The molecule has 0 spiro atoms. The van der Waals surface area contributed by atoms with Crippen LogP contribution in [-0.4, -0.2) is 71.8 Å². The molecule has 2 amide bonds. The summed E-state index contributed by atoms with van der Waals surface area (Å²) in [5.74, 6) is 0.585. The number of carbonyl (C=O) groups excluding carboxylic acids is 1. The van der Waals surface area contributed by atoms with Crippen LogP contribution in [-0.2, 0) is 17.9 Å². The molecule has 0 radical (unpaired) electrons. The summed E-state index contributed by atoms with van der Waals surface area (Å²) in [6.45, 7) is 2.52. The topological polar surface area (TPSA) is 120 Å².